The average Bonchev–Trinajstić information content (AvgIpc) is 3.29. The molecule has 152 valence electrons. The first-order valence-electron chi connectivity index (χ1n) is 10.2. The van der Waals surface area contributed by atoms with Gasteiger partial charge in [-0.05, 0) is 24.3 Å². The van der Waals surface area contributed by atoms with Crippen LogP contribution in [-0.2, 0) is 11.2 Å². The summed E-state index contributed by atoms with van der Waals surface area (Å²) in [6.07, 6.45) is 4.54. The van der Waals surface area contributed by atoms with E-state index in [1.807, 2.05) is 42.7 Å². The van der Waals surface area contributed by atoms with Crippen molar-refractivity contribution in [3.8, 4) is 11.4 Å². The van der Waals surface area contributed by atoms with Crippen molar-refractivity contribution in [2.45, 2.75) is 6.42 Å². The Morgan fingerprint density at radius 3 is 2.80 bits per heavy atom. The summed E-state index contributed by atoms with van der Waals surface area (Å²) in [7, 11) is 0. The zero-order valence-corrected chi connectivity index (χ0v) is 16.6. The van der Waals surface area contributed by atoms with Crippen molar-refractivity contribution in [3.05, 3.63) is 60.6 Å². The van der Waals surface area contributed by atoms with E-state index in [9.17, 15) is 0 Å². The summed E-state index contributed by atoms with van der Waals surface area (Å²) in [5.74, 6) is 1.91. The maximum Gasteiger partial charge on any atom is 0.230 e. The number of nitrogens with zero attached hydrogens (tertiary/aromatic N) is 5. The quantitative estimate of drug-likeness (QED) is 0.513. The number of anilines is 2. The largest absolute Gasteiger partial charge is 0.378 e. The van der Waals surface area contributed by atoms with Crippen molar-refractivity contribution >= 4 is 22.8 Å². The van der Waals surface area contributed by atoms with Crippen LogP contribution in [0.3, 0.4) is 0 Å². The van der Waals surface area contributed by atoms with Gasteiger partial charge in [0, 0.05) is 60.6 Å². The van der Waals surface area contributed by atoms with Crippen LogP contribution in [0.15, 0.2) is 54.9 Å². The zero-order chi connectivity index (χ0) is 20.2. The van der Waals surface area contributed by atoms with Crippen molar-refractivity contribution in [1.82, 2.24) is 24.9 Å². The number of ether oxygens (including phenoxy) is 1. The number of pyridine rings is 1. The van der Waals surface area contributed by atoms with Gasteiger partial charge in [0.25, 0.3) is 0 Å². The van der Waals surface area contributed by atoms with Crippen LogP contribution in [0, 0.1) is 0 Å². The van der Waals surface area contributed by atoms with Gasteiger partial charge in [-0.1, -0.05) is 18.2 Å². The summed E-state index contributed by atoms with van der Waals surface area (Å²) in [5.41, 5.74) is 3.08. The van der Waals surface area contributed by atoms with Crippen LogP contribution >= 0.6 is 0 Å². The van der Waals surface area contributed by atoms with Gasteiger partial charge in [-0.15, -0.1) is 0 Å². The molecular weight excluding hydrogens is 378 g/mol. The fourth-order valence-electron chi connectivity index (χ4n) is 3.60. The highest BCUT2D eigenvalue weighted by Gasteiger charge is 2.18. The van der Waals surface area contributed by atoms with E-state index >= 15 is 0 Å². The molecule has 1 aromatic carbocycles. The van der Waals surface area contributed by atoms with Crippen molar-refractivity contribution in [1.29, 1.82) is 0 Å². The highest BCUT2D eigenvalue weighted by atomic mass is 16.5. The summed E-state index contributed by atoms with van der Waals surface area (Å²) in [6.45, 7) is 3.58. The second kappa shape index (κ2) is 8.46. The maximum atomic E-state index is 5.49. The van der Waals surface area contributed by atoms with E-state index in [1.54, 1.807) is 0 Å². The Kier molecular flexibility index (Phi) is 5.22. The second-order valence-corrected chi connectivity index (χ2v) is 7.12. The summed E-state index contributed by atoms with van der Waals surface area (Å²) in [5, 5.41) is 4.45. The molecule has 4 heterocycles. The van der Waals surface area contributed by atoms with E-state index in [0.717, 1.165) is 41.7 Å². The molecule has 8 heteroatoms. The lowest BCUT2D eigenvalue weighted by molar-refractivity contribution is 0.122. The van der Waals surface area contributed by atoms with E-state index in [4.69, 9.17) is 19.7 Å². The third kappa shape index (κ3) is 3.95. The SMILES string of the molecule is c1ccc(CCNc2nc(-c3cccc4[nH]ccc34)nc(N3CCOCC3)n2)nc1. The number of benzene rings is 1. The third-order valence-corrected chi connectivity index (χ3v) is 5.14. The van der Waals surface area contributed by atoms with Gasteiger partial charge >= 0.3 is 0 Å². The van der Waals surface area contributed by atoms with Crippen molar-refractivity contribution < 1.29 is 4.74 Å². The number of aromatic nitrogens is 5. The monoisotopic (exact) mass is 401 g/mol. The first kappa shape index (κ1) is 18.5. The topological polar surface area (TPSA) is 91.9 Å². The van der Waals surface area contributed by atoms with Crippen LogP contribution in [-0.4, -0.2) is 57.8 Å². The molecule has 0 aliphatic carbocycles. The number of rotatable bonds is 6. The number of H-pyrrole nitrogens is 1. The van der Waals surface area contributed by atoms with Crippen LogP contribution in [0.5, 0.6) is 0 Å². The molecule has 8 nitrogen and oxygen atoms in total. The van der Waals surface area contributed by atoms with E-state index in [-0.39, 0.29) is 0 Å². The Morgan fingerprint density at radius 1 is 1.00 bits per heavy atom. The molecular formula is C22H23N7O. The van der Waals surface area contributed by atoms with Gasteiger partial charge in [-0.2, -0.15) is 15.0 Å². The molecule has 4 aromatic rings. The molecule has 0 amide bonds. The number of morpholine rings is 1. The first-order chi connectivity index (χ1) is 14.9. The Morgan fingerprint density at radius 2 is 1.93 bits per heavy atom. The molecule has 1 aliphatic heterocycles. The minimum absolute atomic E-state index is 0.574. The van der Waals surface area contributed by atoms with Crippen LogP contribution in [0.4, 0.5) is 11.9 Å². The summed E-state index contributed by atoms with van der Waals surface area (Å²) in [6, 6.07) is 14.1. The molecule has 30 heavy (non-hydrogen) atoms. The molecule has 0 bridgehead atoms. The number of hydrogen-bond acceptors (Lipinski definition) is 7. The molecule has 1 aliphatic rings. The number of hydrogen-bond donors (Lipinski definition) is 2. The molecule has 5 rings (SSSR count). The summed E-state index contributed by atoms with van der Waals surface area (Å²) >= 11 is 0. The van der Waals surface area contributed by atoms with E-state index in [2.05, 4.69) is 32.3 Å². The summed E-state index contributed by atoms with van der Waals surface area (Å²) < 4.78 is 5.49. The van der Waals surface area contributed by atoms with Crippen LogP contribution < -0.4 is 10.2 Å². The van der Waals surface area contributed by atoms with Gasteiger partial charge in [-0.25, -0.2) is 0 Å². The normalized spacial score (nSPS) is 14.2. The van der Waals surface area contributed by atoms with Gasteiger partial charge in [0.2, 0.25) is 11.9 Å². The number of fused-ring (bicyclic) bond motifs is 1. The average molecular weight is 401 g/mol. The number of nitrogens with one attached hydrogen (secondary N) is 2. The van der Waals surface area contributed by atoms with Crippen molar-refractivity contribution in [3.63, 3.8) is 0 Å². The highest BCUT2D eigenvalue weighted by Crippen LogP contribution is 2.27. The van der Waals surface area contributed by atoms with Crippen molar-refractivity contribution in [2.75, 3.05) is 43.1 Å². The minimum Gasteiger partial charge on any atom is -0.378 e. The molecule has 0 unspecified atom stereocenters. The predicted molar refractivity (Wildman–Crippen MR) is 117 cm³/mol. The van der Waals surface area contributed by atoms with Crippen LogP contribution in [0.1, 0.15) is 5.69 Å². The molecule has 0 spiro atoms. The Hall–Kier alpha value is -3.52. The lowest BCUT2D eigenvalue weighted by atomic mass is 10.1. The smallest absolute Gasteiger partial charge is 0.230 e. The second-order valence-electron chi connectivity index (χ2n) is 7.12. The predicted octanol–water partition coefficient (Wildman–Crippen LogP) is 2.91. The van der Waals surface area contributed by atoms with E-state index in [0.29, 0.717) is 37.5 Å². The van der Waals surface area contributed by atoms with Gasteiger partial charge in [0.15, 0.2) is 5.82 Å². The Labute approximate surface area is 174 Å². The minimum atomic E-state index is 0.574. The summed E-state index contributed by atoms with van der Waals surface area (Å²) in [4.78, 5) is 24.0. The van der Waals surface area contributed by atoms with Crippen molar-refractivity contribution in [2.24, 2.45) is 0 Å². The van der Waals surface area contributed by atoms with E-state index in [1.165, 1.54) is 0 Å². The first-order valence-corrected chi connectivity index (χ1v) is 10.2. The lowest BCUT2D eigenvalue weighted by Gasteiger charge is -2.27. The van der Waals surface area contributed by atoms with Gasteiger partial charge in [0.05, 0.1) is 13.2 Å². The zero-order valence-electron chi connectivity index (χ0n) is 16.6. The molecule has 3 aromatic heterocycles. The third-order valence-electron chi connectivity index (χ3n) is 5.14. The molecule has 0 saturated carbocycles. The standard InChI is InChI=1S/C22H23N7O/c1-2-9-23-16(4-1)7-10-25-21-26-20(18-5-3-6-19-17(18)8-11-24-19)27-22(28-21)29-12-14-30-15-13-29/h1-6,8-9,11,24H,7,10,12-15H2,(H,25,26,27,28). The molecule has 0 radical (unpaired) electrons. The maximum absolute atomic E-state index is 5.49. The van der Waals surface area contributed by atoms with Crippen LogP contribution in [0.2, 0.25) is 0 Å². The van der Waals surface area contributed by atoms with Gasteiger partial charge < -0.3 is 19.9 Å². The fourth-order valence-corrected chi connectivity index (χ4v) is 3.60. The van der Waals surface area contributed by atoms with E-state index < -0.39 is 0 Å². The molecule has 2 N–H and O–H groups in total. The molecule has 1 saturated heterocycles. The number of aromatic amines is 1. The Balaban J connectivity index is 1.46. The van der Waals surface area contributed by atoms with Crippen LogP contribution in [0.25, 0.3) is 22.3 Å². The van der Waals surface area contributed by atoms with Gasteiger partial charge in [-0.3, -0.25) is 4.98 Å². The molecule has 1 fully saturated rings. The molecule has 0 atom stereocenters. The Bertz CT molecular complexity index is 1120. The lowest BCUT2D eigenvalue weighted by Crippen LogP contribution is -2.37. The highest BCUT2D eigenvalue weighted by molar-refractivity contribution is 5.93. The fraction of sp³-hybridized carbons (Fsp3) is 0.273. The van der Waals surface area contributed by atoms with Gasteiger partial charge in [0.1, 0.15) is 0 Å².